The molecule has 1 rings (SSSR count). The zero-order valence-corrected chi connectivity index (χ0v) is 13.9. The van der Waals surface area contributed by atoms with Crippen molar-refractivity contribution in [1.82, 2.24) is 5.32 Å². The fourth-order valence-electron chi connectivity index (χ4n) is 1.47. The molecule has 124 valence electrons. The first-order valence-corrected chi connectivity index (χ1v) is 6.36. The molecule has 0 bridgehead atoms. The maximum atomic E-state index is 11.8. The van der Waals surface area contributed by atoms with Crippen molar-refractivity contribution < 1.29 is 19.1 Å². The summed E-state index contributed by atoms with van der Waals surface area (Å²) < 4.78 is 10.2. The van der Waals surface area contributed by atoms with Gasteiger partial charge in [-0.05, 0) is 13.8 Å². The lowest BCUT2D eigenvalue weighted by molar-refractivity contribution is -0.127. The van der Waals surface area contributed by atoms with Gasteiger partial charge in [0.15, 0.2) is 0 Å². The van der Waals surface area contributed by atoms with Crippen molar-refractivity contribution in [2.24, 2.45) is 5.73 Å². The smallest absolute Gasteiger partial charge is 0.243 e. The number of hydrogen-bond acceptors (Lipinski definition) is 5. The molecule has 22 heavy (non-hydrogen) atoms. The lowest BCUT2D eigenvalue weighted by Crippen LogP contribution is -2.50. The van der Waals surface area contributed by atoms with Crippen molar-refractivity contribution in [2.75, 3.05) is 26.1 Å². The van der Waals surface area contributed by atoms with Crippen molar-refractivity contribution in [2.45, 2.75) is 19.4 Å². The van der Waals surface area contributed by atoms with Crippen LogP contribution in [0.1, 0.15) is 13.8 Å². The van der Waals surface area contributed by atoms with Crippen LogP contribution in [0.3, 0.4) is 0 Å². The molecule has 2 amide bonds. The van der Waals surface area contributed by atoms with Gasteiger partial charge in [-0.3, -0.25) is 9.59 Å². The maximum absolute atomic E-state index is 11.8. The number of amides is 2. The predicted molar refractivity (Wildman–Crippen MR) is 86.7 cm³/mol. The molecular formula is C14H22ClN3O4. The number of anilines is 1. The molecule has 4 N–H and O–H groups in total. The van der Waals surface area contributed by atoms with E-state index in [1.54, 1.807) is 32.0 Å². The number of nitrogens with one attached hydrogen (secondary N) is 2. The highest BCUT2D eigenvalue weighted by atomic mass is 35.5. The average Bonchev–Trinajstić information content (AvgIpc) is 2.43. The van der Waals surface area contributed by atoms with E-state index in [4.69, 9.17) is 15.2 Å². The number of carbonyl (C=O) groups is 2. The predicted octanol–water partition coefficient (Wildman–Crippen LogP) is 0.918. The van der Waals surface area contributed by atoms with E-state index in [9.17, 15) is 9.59 Å². The molecule has 0 heterocycles. The van der Waals surface area contributed by atoms with Gasteiger partial charge in [0.05, 0.1) is 26.3 Å². The fraction of sp³-hybridized carbons (Fsp3) is 0.429. The number of carbonyl (C=O) groups excluding carboxylic acids is 2. The molecule has 0 fully saturated rings. The molecule has 0 aliphatic heterocycles. The highest BCUT2D eigenvalue weighted by Crippen LogP contribution is 2.25. The largest absolute Gasteiger partial charge is 0.497 e. The van der Waals surface area contributed by atoms with Crippen LogP contribution < -0.4 is 25.8 Å². The third kappa shape index (κ3) is 6.19. The molecular weight excluding hydrogens is 310 g/mol. The summed E-state index contributed by atoms with van der Waals surface area (Å²) in [7, 11) is 3.04. The third-order valence-corrected chi connectivity index (χ3v) is 2.63. The van der Waals surface area contributed by atoms with Crippen LogP contribution in [-0.4, -0.2) is 38.1 Å². The zero-order chi connectivity index (χ0) is 16.0. The van der Waals surface area contributed by atoms with E-state index in [2.05, 4.69) is 10.6 Å². The van der Waals surface area contributed by atoms with E-state index in [1.165, 1.54) is 14.2 Å². The molecule has 1 aromatic rings. The second-order valence-corrected chi connectivity index (χ2v) is 5.05. The molecule has 0 radical (unpaired) electrons. The molecule has 8 heteroatoms. The molecule has 0 aliphatic carbocycles. The van der Waals surface area contributed by atoms with Gasteiger partial charge in [-0.2, -0.15) is 0 Å². The molecule has 0 aromatic heterocycles. The van der Waals surface area contributed by atoms with Gasteiger partial charge in [0.25, 0.3) is 0 Å². The van der Waals surface area contributed by atoms with E-state index < -0.39 is 11.4 Å². The van der Waals surface area contributed by atoms with Crippen molar-refractivity contribution >= 4 is 29.9 Å². The van der Waals surface area contributed by atoms with Gasteiger partial charge in [0.2, 0.25) is 11.8 Å². The van der Waals surface area contributed by atoms with Crippen LogP contribution in [0.4, 0.5) is 5.69 Å². The molecule has 0 spiro atoms. The van der Waals surface area contributed by atoms with Crippen LogP contribution in [0, 0.1) is 0 Å². The second kappa shape index (κ2) is 8.45. The van der Waals surface area contributed by atoms with E-state index in [1.807, 2.05) is 0 Å². The Bertz CT molecular complexity index is 507. The van der Waals surface area contributed by atoms with Crippen LogP contribution in [0.25, 0.3) is 0 Å². The SMILES string of the molecule is COc1cc(NC(=O)CNC(=O)C(C)(C)N)cc(OC)c1.Cl. The normalized spacial score (nSPS) is 10.2. The third-order valence-electron chi connectivity index (χ3n) is 2.63. The molecule has 0 saturated carbocycles. The quantitative estimate of drug-likeness (QED) is 0.719. The first-order chi connectivity index (χ1) is 9.76. The molecule has 1 aromatic carbocycles. The summed E-state index contributed by atoms with van der Waals surface area (Å²) in [5.41, 5.74) is 5.10. The Balaban J connectivity index is 0.00000441. The van der Waals surface area contributed by atoms with E-state index in [0.29, 0.717) is 17.2 Å². The second-order valence-electron chi connectivity index (χ2n) is 5.05. The number of ether oxygens (including phenoxy) is 2. The number of benzene rings is 1. The molecule has 0 unspecified atom stereocenters. The summed E-state index contributed by atoms with van der Waals surface area (Å²) in [5.74, 6) is 0.331. The number of hydrogen-bond donors (Lipinski definition) is 3. The first-order valence-electron chi connectivity index (χ1n) is 6.36. The van der Waals surface area contributed by atoms with Crippen molar-refractivity contribution in [3.05, 3.63) is 18.2 Å². The first kappa shape index (κ1) is 20.0. The summed E-state index contributed by atoms with van der Waals surface area (Å²) in [6, 6.07) is 4.98. The Morgan fingerprint density at radius 2 is 1.64 bits per heavy atom. The van der Waals surface area contributed by atoms with Gasteiger partial charge in [0, 0.05) is 23.9 Å². The summed E-state index contributed by atoms with van der Waals surface area (Å²) in [6.07, 6.45) is 0. The Labute approximate surface area is 135 Å². The minimum atomic E-state index is -1.03. The minimum Gasteiger partial charge on any atom is -0.497 e. The van der Waals surface area contributed by atoms with Crippen LogP contribution >= 0.6 is 12.4 Å². The van der Waals surface area contributed by atoms with Gasteiger partial charge in [-0.15, -0.1) is 12.4 Å². The Morgan fingerprint density at radius 1 is 1.14 bits per heavy atom. The van der Waals surface area contributed by atoms with Gasteiger partial charge in [-0.25, -0.2) is 0 Å². The van der Waals surface area contributed by atoms with Crippen LogP contribution in [0.2, 0.25) is 0 Å². The van der Waals surface area contributed by atoms with Crippen LogP contribution in [0.15, 0.2) is 18.2 Å². The highest BCUT2D eigenvalue weighted by Gasteiger charge is 2.22. The van der Waals surface area contributed by atoms with Gasteiger partial charge >= 0.3 is 0 Å². The Kier molecular flexibility index (Phi) is 7.69. The topological polar surface area (TPSA) is 103 Å². The zero-order valence-electron chi connectivity index (χ0n) is 13.1. The van der Waals surface area contributed by atoms with Crippen LogP contribution in [0.5, 0.6) is 11.5 Å². The highest BCUT2D eigenvalue weighted by molar-refractivity contribution is 5.96. The monoisotopic (exact) mass is 331 g/mol. The standard InChI is InChI=1S/C14H21N3O4.ClH/c1-14(2,15)13(19)16-8-12(18)17-9-5-10(20-3)7-11(6-9)21-4;/h5-7H,8,15H2,1-4H3,(H,16,19)(H,17,18);1H. The van der Waals surface area contributed by atoms with Crippen molar-refractivity contribution in [3.8, 4) is 11.5 Å². The van der Waals surface area contributed by atoms with Gasteiger partial charge in [-0.1, -0.05) is 0 Å². The molecule has 7 nitrogen and oxygen atoms in total. The summed E-state index contributed by atoms with van der Waals surface area (Å²) in [5, 5.41) is 5.11. The summed E-state index contributed by atoms with van der Waals surface area (Å²) in [4.78, 5) is 23.4. The summed E-state index contributed by atoms with van der Waals surface area (Å²) >= 11 is 0. The minimum absolute atomic E-state index is 0. The molecule has 0 atom stereocenters. The number of nitrogens with two attached hydrogens (primary N) is 1. The number of methoxy groups -OCH3 is 2. The van der Waals surface area contributed by atoms with Crippen molar-refractivity contribution in [1.29, 1.82) is 0 Å². The van der Waals surface area contributed by atoms with E-state index in [0.717, 1.165) is 0 Å². The number of halogens is 1. The lowest BCUT2D eigenvalue weighted by atomic mass is 10.1. The number of rotatable bonds is 6. The molecule has 0 aliphatic rings. The Morgan fingerprint density at radius 3 is 2.05 bits per heavy atom. The van der Waals surface area contributed by atoms with Crippen molar-refractivity contribution in [3.63, 3.8) is 0 Å². The summed E-state index contributed by atoms with van der Waals surface area (Å²) in [6.45, 7) is 2.96. The van der Waals surface area contributed by atoms with Gasteiger partial charge in [0.1, 0.15) is 11.5 Å². The maximum Gasteiger partial charge on any atom is 0.243 e. The molecule has 0 saturated heterocycles. The average molecular weight is 332 g/mol. The Hall–Kier alpha value is -1.99. The van der Waals surface area contributed by atoms with Crippen LogP contribution in [-0.2, 0) is 9.59 Å². The van der Waals surface area contributed by atoms with Gasteiger partial charge < -0.3 is 25.8 Å². The van der Waals surface area contributed by atoms with E-state index >= 15 is 0 Å². The van der Waals surface area contributed by atoms with E-state index in [-0.39, 0.29) is 24.9 Å². The fourth-order valence-corrected chi connectivity index (χ4v) is 1.47. The lowest BCUT2D eigenvalue weighted by Gasteiger charge is -2.17.